The van der Waals surface area contributed by atoms with Gasteiger partial charge < -0.3 is 14.2 Å². The zero-order valence-corrected chi connectivity index (χ0v) is 18.8. The van der Waals surface area contributed by atoms with Gasteiger partial charge in [-0.15, -0.1) is 0 Å². The summed E-state index contributed by atoms with van der Waals surface area (Å²) in [4.78, 5) is 25.3. The number of benzene rings is 2. The predicted octanol–water partition coefficient (Wildman–Crippen LogP) is 5.21. The first-order valence-electron chi connectivity index (χ1n) is 9.29. The van der Waals surface area contributed by atoms with E-state index in [1.165, 1.54) is 18.9 Å². The molecule has 0 saturated carbocycles. The number of hydrogen-bond acceptors (Lipinski definition) is 6. The van der Waals surface area contributed by atoms with Gasteiger partial charge in [0.2, 0.25) is 0 Å². The molecule has 0 fully saturated rings. The highest BCUT2D eigenvalue weighted by Gasteiger charge is 2.32. The fourth-order valence-electron chi connectivity index (χ4n) is 3.00. The summed E-state index contributed by atoms with van der Waals surface area (Å²) < 4.78 is 16.8. The molecule has 31 heavy (non-hydrogen) atoms. The molecular weight excluding hydrogens is 443 g/mol. The molecule has 1 heterocycles. The van der Waals surface area contributed by atoms with Crippen LogP contribution in [0.2, 0.25) is 10.0 Å². The third-order valence-electron chi connectivity index (χ3n) is 4.28. The maximum atomic E-state index is 12.7. The fourth-order valence-corrected chi connectivity index (χ4v) is 3.58. The molecule has 0 saturated heterocycles. The molecule has 0 radical (unpaired) electrons. The summed E-state index contributed by atoms with van der Waals surface area (Å²) >= 11 is 12.8. The van der Waals surface area contributed by atoms with E-state index in [0.717, 1.165) is 0 Å². The number of aromatic nitrogens is 2. The minimum absolute atomic E-state index is 0.0668. The number of carbonyl (C=O) groups excluding carboxylic acids is 2. The Labute approximate surface area is 189 Å². The molecule has 0 amide bonds. The number of methoxy groups -OCH3 is 2. The topological polar surface area (TPSA) is 79.7 Å². The van der Waals surface area contributed by atoms with Gasteiger partial charge in [-0.1, -0.05) is 41.4 Å². The summed E-state index contributed by atoms with van der Waals surface area (Å²) in [5.41, 5.74) is 0.978. The molecule has 0 aliphatic heterocycles. The van der Waals surface area contributed by atoms with E-state index in [1.807, 2.05) is 19.9 Å². The molecule has 0 bridgehead atoms. The number of para-hydroxylation sites is 1. The quantitative estimate of drug-likeness (QED) is 0.468. The van der Waals surface area contributed by atoms with Gasteiger partial charge in [-0.05, 0) is 38.1 Å². The van der Waals surface area contributed by atoms with E-state index in [4.69, 9.17) is 37.4 Å². The molecular formula is C22H20Cl2N2O5. The molecule has 3 rings (SSSR count). The number of rotatable bonds is 6. The van der Waals surface area contributed by atoms with Crippen molar-refractivity contribution in [3.63, 3.8) is 0 Å². The van der Waals surface area contributed by atoms with Crippen molar-refractivity contribution in [1.29, 1.82) is 0 Å². The molecule has 0 aliphatic rings. The highest BCUT2D eigenvalue weighted by atomic mass is 35.5. The Morgan fingerprint density at radius 3 is 2.06 bits per heavy atom. The lowest BCUT2D eigenvalue weighted by Crippen LogP contribution is -2.15. The van der Waals surface area contributed by atoms with Gasteiger partial charge in [-0.25, -0.2) is 14.3 Å². The minimum atomic E-state index is -0.757. The van der Waals surface area contributed by atoms with E-state index in [0.29, 0.717) is 17.0 Å². The summed E-state index contributed by atoms with van der Waals surface area (Å²) in [6.45, 7) is 3.69. The Morgan fingerprint density at radius 1 is 0.968 bits per heavy atom. The van der Waals surface area contributed by atoms with Crippen molar-refractivity contribution in [3.8, 4) is 22.7 Å². The van der Waals surface area contributed by atoms with Crippen LogP contribution in [0.15, 0.2) is 42.5 Å². The second kappa shape index (κ2) is 9.41. The highest BCUT2D eigenvalue weighted by Crippen LogP contribution is 2.39. The van der Waals surface area contributed by atoms with Gasteiger partial charge in [0.05, 0.1) is 36.1 Å². The zero-order valence-electron chi connectivity index (χ0n) is 17.3. The smallest absolute Gasteiger partial charge is 0.357 e. The number of carbonyl (C=O) groups is 2. The molecule has 2 aromatic carbocycles. The average Bonchev–Trinajstić information content (AvgIpc) is 3.16. The largest absolute Gasteiger partial charge is 0.488 e. The standard InChI is InChI=1S/C22H20Cl2N2O5/c1-12(2)31-20-15(23)10-13(11-16(20)24)18-17(21(27)29-3)19(22(28)30-4)26(25-18)14-8-6-5-7-9-14/h5-12H,1-4H3. The Kier molecular flexibility index (Phi) is 6.87. The molecule has 7 nitrogen and oxygen atoms in total. The minimum Gasteiger partial charge on any atom is -0.488 e. The lowest BCUT2D eigenvalue weighted by atomic mass is 10.1. The van der Waals surface area contributed by atoms with Crippen LogP contribution in [0.25, 0.3) is 16.9 Å². The van der Waals surface area contributed by atoms with Crippen LogP contribution in [0, 0.1) is 0 Å². The Bertz CT molecular complexity index is 1100. The maximum absolute atomic E-state index is 12.7. The van der Waals surface area contributed by atoms with E-state index in [-0.39, 0.29) is 33.1 Å². The third-order valence-corrected chi connectivity index (χ3v) is 4.84. The second-order valence-electron chi connectivity index (χ2n) is 6.74. The van der Waals surface area contributed by atoms with Crippen molar-refractivity contribution in [2.24, 2.45) is 0 Å². The van der Waals surface area contributed by atoms with Gasteiger partial charge in [0, 0.05) is 5.56 Å². The van der Waals surface area contributed by atoms with Gasteiger partial charge >= 0.3 is 11.9 Å². The molecule has 1 aromatic heterocycles. The zero-order chi connectivity index (χ0) is 22.7. The normalized spacial score (nSPS) is 10.8. The first-order valence-corrected chi connectivity index (χ1v) is 10.0. The Balaban J connectivity index is 2.31. The maximum Gasteiger partial charge on any atom is 0.357 e. The number of halogens is 2. The SMILES string of the molecule is COC(=O)c1c(-c2cc(Cl)c(OC(C)C)c(Cl)c2)nn(-c2ccccc2)c1C(=O)OC. The van der Waals surface area contributed by atoms with Crippen LogP contribution in [-0.4, -0.2) is 42.0 Å². The van der Waals surface area contributed by atoms with E-state index in [1.54, 1.807) is 36.4 Å². The average molecular weight is 463 g/mol. The molecule has 0 spiro atoms. The van der Waals surface area contributed by atoms with Crippen LogP contribution in [0.4, 0.5) is 0 Å². The Hall–Kier alpha value is -3.03. The molecule has 0 N–H and O–H groups in total. The van der Waals surface area contributed by atoms with E-state index >= 15 is 0 Å². The molecule has 0 aliphatic carbocycles. The first-order chi connectivity index (χ1) is 14.8. The summed E-state index contributed by atoms with van der Waals surface area (Å²) in [5.74, 6) is -1.19. The molecule has 0 unspecified atom stereocenters. The lowest BCUT2D eigenvalue weighted by molar-refractivity contribution is 0.0549. The summed E-state index contributed by atoms with van der Waals surface area (Å²) in [5, 5.41) is 4.99. The van der Waals surface area contributed by atoms with Crippen molar-refractivity contribution in [2.45, 2.75) is 20.0 Å². The van der Waals surface area contributed by atoms with Crippen LogP contribution >= 0.6 is 23.2 Å². The molecule has 0 atom stereocenters. The number of ether oxygens (including phenoxy) is 3. The molecule has 9 heteroatoms. The predicted molar refractivity (Wildman–Crippen MR) is 117 cm³/mol. The molecule has 3 aromatic rings. The van der Waals surface area contributed by atoms with Gasteiger partial charge in [0.25, 0.3) is 0 Å². The second-order valence-corrected chi connectivity index (χ2v) is 7.55. The summed E-state index contributed by atoms with van der Waals surface area (Å²) in [6.07, 6.45) is -0.144. The Morgan fingerprint density at radius 2 is 1.55 bits per heavy atom. The fraction of sp³-hybridized carbons (Fsp3) is 0.227. The first kappa shape index (κ1) is 22.7. The van der Waals surface area contributed by atoms with Crippen molar-refractivity contribution >= 4 is 35.1 Å². The van der Waals surface area contributed by atoms with Crippen LogP contribution in [0.5, 0.6) is 5.75 Å². The number of hydrogen-bond donors (Lipinski definition) is 0. The van der Waals surface area contributed by atoms with Crippen molar-refractivity contribution in [1.82, 2.24) is 9.78 Å². The summed E-state index contributed by atoms with van der Waals surface area (Å²) in [7, 11) is 2.43. The lowest BCUT2D eigenvalue weighted by Gasteiger charge is -2.14. The van der Waals surface area contributed by atoms with Crippen LogP contribution < -0.4 is 4.74 Å². The van der Waals surface area contributed by atoms with Crippen LogP contribution in [0.1, 0.15) is 34.7 Å². The van der Waals surface area contributed by atoms with Gasteiger partial charge in [0.15, 0.2) is 11.4 Å². The van der Waals surface area contributed by atoms with Crippen molar-refractivity contribution < 1.29 is 23.8 Å². The van der Waals surface area contributed by atoms with Gasteiger partial charge in [0.1, 0.15) is 11.3 Å². The van der Waals surface area contributed by atoms with Crippen molar-refractivity contribution in [3.05, 3.63) is 63.8 Å². The highest BCUT2D eigenvalue weighted by molar-refractivity contribution is 6.37. The molecule has 162 valence electrons. The van der Waals surface area contributed by atoms with E-state index < -0.39 is 11.9 Å². The van der Waals surface area contributed by atoms with Gasteiger partial charge in [-0.2, -0.15) is 5.10 Å². The van der Waals surface area contributed by atoms with E-state index in [2.05, 4.69) is 5.10 Å². The number of esters is 2. The number of nitrogens with zero attached hydrogens (tertiary/aromatic N) is 2. The van der Waals surface area contributed by atoms with Crippen LogP contribution in [0.3, 0.4) is 0 Å². The van der Waals surface area contributed by atoms with E-state index in [9.17, 15) is 9.59 Å². The van der Waals surface area contributed by atoms with Gasteiger partial charge in [-0.3, -0.25) is 0 Å². The third kappa shape index (κ3) is 4.52. The van der Waals surface area contributed by atoms with Crippen molar-refractivity contribution in [2.75, 3.05) is 14.2 Å². The summed E-state index contributed by atoms with van der Waals surface area (Å²) in [6, 6.07) is 12.0. The van der Waals surface area contributed by atoms with Crippen LogP contribution in [-0.2, 0) is 9.47 Å². The monoisotopic (exact) mass is 462 g/mol.